The number of fused-ring (bicyclic) bond motifs is 1. The van der Waals surface area contributed by atoms with Gasteiger partial charge in [-0.05, 0) is 17.7 Å². The lowest BCUT2D eigenvalue weighted by Crippen LogP contribution is -2.13. The Bertz CT molecular complexity index is 409. The molecule has 0 aliphatic carbocycles. The van der Waals surface area contributed by atoms with Crippen LogP contribution in [0.4, 0.5) is 0 Å². The number of benzene rings is 1. The minimum Gasteiger partial charge on any atom is -0.490 e. The molecule has 1 aromatic carbocycles. The van der Waals surface area contributed by atoms with Crippen LogP contribution in [0.3, 0.4) is 0 Å². The van der Waals surface area contributed by atoms with Gasteiger partial charge in [-0.25, -0.2) is 0 Å². The van der Waals surface area contributed by atoms with Crippen molar-refractivity contribution in [3.05, 3.63) is 36.4 Å². The Morgan fingerprint density at radius 1 is 1.33 bits per heavy atom. The van der Waals surface area contributed by atoms with Crippen LogP contribution >= 0.6 is 11.8 Å². The van der Waals surface area contributed by atoms with Gasteiger partial charge in [-0.2, -0.15) is 11.8 Å². The average Bonchev–Trinajstić information content (AvgIpc) is 2.63. The van der Waals surface area contributed by atoms with Crippen LogP contribution in [0.25, 0.3) is 0 Å². The summed E-state index contributed by atoms with van der Waals surface area (Å²) < 4.78 is 11.3. The van der Waals surface area contributed by atoms with Crippen LogP contribution < -0.4 is 15.2 Å². The first-order valence-corrected chi connectivity index (χ1v) is 7.30. The summed E-state index contributed by atoms with van der Waals surface area (Å²) in [5.74, 6) is 3.44. The van der Waals surface area contributed by atoms with E-state index in [1.165, 1.54) is 0 Å². The fraction of sp³-hybridized carbons (Fsp3) is 0.429. The molecule has 0 saturated heterocycles. The van der Waals surface area contributed by atoms with Gasteiger partial charge >= 0.3 is 0 Å². The molecule has 0 saturated carbocycles. The Morgan fingerprint density at radius 3 is 2.89 bits per heavy atom. The highest BCUT2D eigenvalue weighted by Crippen LogP contribution is 2.32. The van der Waals surface area contributed by atoms with Crippen LogP contribution in [-0.4, -0.2) is 24.7 Å². The van der Waals surface area contributed by atoms with Gasteiger partial charge in [0.15, 0.2) is 11.5 Å². The molecular weight excluding hydrogens is 246 g/mol. The van der Waals surface area contributed by atoms with Gasteiger partial charge < -0.3 is 15.2 Å². The number of hydrogen-bond acceptors (Lipinski definition) is 4. The molecule has 3 nitrogen and oxygen atoms in total. The maximum absolute atomic E-state index is 6.16. The molecule has 1 aromatic rings. The van der Waals surface area contributed by atoms with Crippen molar-refractivity contribution in [2.24, 2.45) is 5.73 Å². The second-order valence-electron chi connectivity index (χ2n) is 4.19. The molecule has 98 valence electrons. The number of thioether (sulfide) groups is 1. The fourth-order valence-electron chi connectivity index (χ4n) is 1.79. The molecule has 0 fully saturated rings. The highest BCUT2D eigenvalue weighted by Gasteiger charge is 2.13. The lowest BCUT2D eigenvalue weighted by atomic mass is 10.1. The van der Waals surface area contributed by atoms with Crippen molar-refractivity contribution in [1.82, 2.24) is 0 Å². The SMILES string of the molecule is C=CCSCC(N)c1ccc2c(c1)OCCCO2. The van der Waals surface area contributed by atoms with Gasteiger partial charge in [0.05, 0.1) is 13.2 Å². The molecule has 1 aliphatic heterocycles. The molecule has 4 heteroatoms. The zero-order chi connectivity index (χ0) is 12.8. The molecular formula is C14H19NO2S. The highest BCUT2D eigenvalue weighted by molar-refractivity contribution is 7.99. The molecule has 2 N–H and O–H groups in total. The normalized spacial score (nSPS) is 15.8. The smallest absolute Gasteiger partial charge is 0.161 e. The van der Waals surface area contributed by atoms with E-state index in [1.54, 1.807) is 11.8 Å². The van der Waals surface area contributed by atoms with Crippen molar-refractivity contribution in [1.29, 1.82) is 0 Å². The predicted octanol–water partition coefficient (Wildman–Crippen LogP) is 2.77. The first-order valence-electron chi connectivity index (χ1n) is 6.15. The fourth-order valence-corrected chi connectivity index (χ4v) is 2.53. The van der Waals surface area contributed by atoms with Crippen LogP contribution in [0.2, 0.25) is 0 Å². The van der Waals surface area contributed by atoms with E-state index >= 15 is 0 Å². The summed E-state index contributed by atoms with van der Waals surface area (Å²) in [6, 6.07) is 5.99. The third kappa shape index (κ3) is 3.43. The van der Waals surface area contributed by atoms with Crippen molar-refractivity contribution in [2.75, 3.05) is 24.7 Å². The van der Waals surface area contributed by atoms with Crippen LogP contribution in [0.5, 0.6) is 11.5 Å². The summed E-state index contributed by atoms with van der Waals surface area (Å²) in [7, 11) is 0. The topological polar surface area (TPSA) is 44.5 Å². The van der Waals surface area contributed by atoms with Crippen LogP contribution in [0.15, 0.2) is 30.9 Å². The molecule has 1 aliphatic rings. The van der Waals surface area contributed by atoms with Crippen LogP contribution in [0.1, 0.15) is 18.0 Å². The van der Waals surface area contributed by atoms with E-state index in [0.29, 0.717) is 13.2 Å². The Kier molecular flexibility index (Phi) is 4.96. The zero-order valence-electron chi connectivity index (χ0n) is 10.4. The highest BCUT2D eigenvalue weighted by atomic mass is 32.2. The van der Waals surface area contributed by atoms with Gasteiger partial charge in [0, 0.05) is 24.0 Å². The number of hydrogen-bond donors (Lipinski definition) is 1. The molecule has 0 amide bonds. The zero-order valence-corrected chi connectivity index (χ0v) is 11.2. The summed E-state index contributed by atoms with van der Waals surface area (Å²) >= 11 is 1.78. The maximum atomic E-state index is 6.16. The van der Waals surface area contributed by atoms with Crippen molar-refractivity contribution < 1.29 is 9.47 Å². The maximum Gasteiger partial charge on any atom is 0.161 e. The predicted molar refractivity (Wildman–Crippen MR) is 76.5 cm³/mol. The molecule has 0 aromatic heterocycles. The Labute approximate surface area is 112 Å². The standard InChI is InChI=1S/C14H19NO2S/c1-2-8-18-10-12(15)11-4-5-13-14(9-11)17-7-3-6-16-13/h2,4-5,9,12H,1,3,6-8,10,15H2. The third-order valence-corrected chi connectivity index (χ3v) is 3.80. The quantitative estimate of drug-likeness (QED) is 0.657. The number of ether oxygens (including phenoxy) is 2. The average molecular weight is 265 g/mol. The second kappa shape index (κ2) is 6.71. The lowest BCUT2D eigenvalue weighted by molar-refractivity contribution is 0.297. The van der Waals surface area contributed by atoms with Crippen molar-refractivity contribution in [3.8, 4) is 11.5 Å². The van der Waals surface area contributed by atoms with Gasteiger partial charge in [-0.1, -0.05) is 12.1 Å². The molecule has 0 bridgehead atoms. The third-order valence-electron chi connectivity index (χ3n) is 2.73. The van der Waals surface area contributed by atoms with E-state index in [4.69, 9.17) is 15.2 Å². The van der Waals surface area contributed by atoms with Crippen LogP contribution in [0, 0.1) is 0 Å². The van der Waals surface area contributed by atoms with E-state index in [9.17, 15) is 0 Å². The molecule has 1 heterocycles. The molecule has 0 spiro atoms. The second-order valence-corrected chi connectivity index (χ2v) is 5.26. The minimum absolute atomic E-state index is 0.0205. The largest absolute Gasteiger partial charge is 0.490 e. The Balaban J connectivity index is 2.05. The number of nitrogens with two attached hydrogens (primary N) is 1. The van der Waals surface area contributed by atoms with Gasteiger partial charge in [0.1, 0.15) is 0 Å². The van der Waals surface area contributed by atoms with E-state index in [2.05, 4.69) is 6.58 Å². The van der Waals surface area contributed by atoms with Crippen molar-refractivity contribution >= 4 is 11.8 Å². The Morgan fingerprint density at radius 2 is 2.11 bits per heavy atom. The summed E-state index contributed by atoms with van der Waals surface area (Å²) in [5, 5.41) is 0. The number of rotatable bonds is 5. The summed E-state index contributed by atoms with van der Waals surface area (Å²) in [6.45, 7) is 5.12. The molecule has 2 rings (SSSR count). The van der Waals surface area contributed by atoms with E-state index in [0.717, 1.165) is 35.0 Å². The van der Waals surface area contributed by atoms with Crippen LogP contribution in [-0.2, 0) is 0 Å². The molecule has 18 heavy (non-hydrogen) atoms. The molecule has 1 unspecified atom stereocenters. The summed E-state index contributed by atoms with van der Waals surface area (Å²) in [6.07, 6.45) is 2.82. The summed E-state index contributed by atoms with van der Waals surface area (Å²) in [5.41, 5.74) is 7.25. The van der Waals surface area contributed by atoms with E-state index in [1.807, 2.05) is 24.3 Å². The summed E-state index contributed by atoms with van der Waals surface area (Å²) in [4.78, 5) is 0. The lowest BCUT2D eigenvalue weighted by Gasteiger charge is -2.14. The Hall–Kier alpha value is -1.13. The van der Waals surface area contributed by atoms with Crippen molar-refractivity contribution in [3.63, 3.8) is 0 Å². The van der Waals surface area contributed by atoms with E-state index in [-0.39, 0.29) is 6.04 Å². The van der Waals surface area contributed by atoms with Crippen molar-refractivity contribution in [2.45, 2.75) is 12.5 Å². The first-order chi connectivity index (χ1) is 8.81. The van der Waals surface area contributed by atoms with Gasteiger partial charge in [0.25, 0.3) is 0 Å². The minimum atomic E-state index is 0.0205. The molecule has 0 radical (unpaired) electrons. The van der Waals surface area contributed by atoms with Gasteiger partial charge in [-0.15, -0.1) is 6.58 Å². The molecule has 1 atom stereocenters. The van der Waals surface area contributed by atoms with Gasteiger partial charge in [-0.3, -0.25) is 0 Å². The first kappa shape index (κ1) is 13.3. The van der Waals surface area contributed by atoms with Gasteiger partial charge in [0.2, 0.25) is 0 Å². The monoisotopic (exact) mass is 265 g/mol. The van der Waals surface area contributed by atoms with E-state index < -0.39 is 0 Å².